The van der Waals surface area contributed by atoms with Gasteiger partial charge in [0.1, 0.15) is 0 Å². The number of nitrogens with zero attached hydrogens (tertiary/aromatic N) is 1. The van der Waals surface area contributed by atoms with Crippen LogP contribution in [0.25, 0.3) is 22.3 Å². The summed E-state index contributed by atoms with van der Waals surface area (Å²) in [4.78, 5) is 2.62. The molecular formula is C61H57N. The number of benzene rings is 7. The topological polar surface area (TPSA) is 3.24 Å². The quantitative estimate of drug-likeness (QED) is 0.168. The maximum atomic E-state index is 2.62. The molecule has 7 aromatic rings. The van der Waals surface area contributed by atoms with Crippen molar-refractivity contribution in [3.05, 3.63) is 208 Å². The van der Waals surface area contributed by atoms with E-state index < -0.39 is 5.41 Å². The van der Waals surface area contributed by atoms with Gasteiger partial charge in [0.25, 0.3) is 0 Å². The Bertz CT molecular complexity index is 2860. The molecule has 7 aliphatic carbocycles. The predicted molar refractivity (Wildman–Crippen MR) is 257 cm³/mol. The molecule has 4 fully saturated rings. The molecule has 0 radical (unpaired) electrons. The standard InChI is InChI=1S/C61H57N/c1-58(2)29-30-59(3,4)57-38-47(25-28-55(57)58)62(45-24-27-54-51(36-45)49-20-12-14-22-53(49)61(54)43-32-39-31-40(34-43)35-44(61)33-39)46-23-26-50-48-19-11-13-21-52(48)60(56(50)37-46,41-15-7-5-8-16-41)42-17-9-6-10-18-42/h5-28,36-40,43-44H,29-35H2,1-4H3. The van der Waals surface area contributed by atoms with Gasteiger partial charge in [0.2, 0.25) is 0 Å². The highest BCUT2D eigenvalue weighted by Crippen LogP contribution is 2.70. The van der Waals surface area contributed by atoms with E-state index in [1.165, 1.54) is 118 Å². The Morgan fingerprint density at radius 1 is 0.371 bits per heavy atom. The van der Waals surface area contributed by atoms with Crippen molar-refractivity contribution in [1.82, 2.24) is 0 Å². The third-order valence-electron chi connectivity index (χ3n) is 17.6. The van der Waals surface area contributed by atoms with Gasteiger partial charge in [-0.2, -0.15) is 0 Å². The minimum atomic E-state index is -0.472. The second-order valence-electron chi connectivity index (χ2n) is 21.5. The number of fused-ring (bicyclic) bond motifs is 7. The molecule has 0 unspecified atom stereocenters. The molecule has 1 nitrogen and oxygen atoms in total. The van der Waals surface area contributed by atoms with Gasteiger partial charge in [-0.3, -0.25) is 0 Å². The van der Waals surface area contributed by atoms with E-state index in [0.717, 1.165) is 23.7 Å². The Labute approximate surface area is 368 Å². The Balaban J connectivity index is 1.06. The van der Waals surface area contributed by atoms with E-state index in [1.54, 1.807) is 11.1 Å². The highest BCUT2D eigenvalue weighted by molar-refractivity contribution is 5.91. The molecule has 306 valence electrons. The first kappa shape index (κ1) is 36.9. The monoisotopic (exact) mass is 803 g/mol. The molecule has 0 amide bonds. The zero-order valence-corrected chi connectivity index (χ0v) is 36.8. The van der Waals surface area contributed by atoms with Gasteiger partial charge < -0.3 is 4.90 Å². The minimum Gasteiger partial charge on any atom is -0.310 e. The maximum Gasteiger partial charge on any atom is 0.0714 e. The highest BCUT2D eigenvalue weighted by Gasteiger charge is 2.61. The summed E-state index contributed by atoms with van der Waals surface area (Å²) in [5.41, 5.74) is 20.7. The average Bonchev–Trinajstić information content (AvgIpc) is 3.75. The van der Waals surface area contributed by atoms with E-state index in [-0.39, 0.29) is 16.2 Å². The molecule has 0 aliphatic heterocycles. The molecule has 0 N–H and O–H groups in total. The molecular weight excluding hydrogens is 747 g/mol. The van der Waals surface area contributed by atoms with Crippen LogP contribution >= 0.6 is 0 Å². The van der Waals surface area contributed by atoms with E-state index in [4.69, 9.17) is 0 Å². The Morgan fingerprint density at radius 2 is 0.823 bits per heavy atom. The molecule has 0 atom stereocenters. The number of rotatable bonds is 5. The zero-order chi connectivity index (χ0) is 41.6. The van der Waals surface area contributed by atoms with E-state index in [9.17, 15) is 0 Å². The summed E-state index contributed by atoms with van der Waals surface area (Å²) in [6.07, 6.45) is 9.47. The zero-order valence-electron chi connectivity index (χ0n) is 36.8. The van der Waals surface area contributed by atoms with Gasteiger partial charge in [-0.15, -0.1) is 0 Å². The van der Waals surface area contributed by atoms with Gasteiger partial charge in [0.15, 0.2) is 0 Å². The Hall–Kier alpha value is -5.66. The lowest BCUT2D eigenvalue weighted by atomic mass is 9.43. The van der Waals surface area contributed by atoms with Crippen LogP contribution in [-0.4, -0.2) is 0 Å². The van der Waals surface area contributed by atoms with Crippen molar-refractivity contribution in [2.24, 2.45) is 23.7 Å². The van der Waals surface area contributed by atoms with E-state index >= 15 is 0 Å². The van der Waals surface area contributed by atoms with Gasteiger partial charge in [-0.05, 0) is 183 Å². The summed E-state index contributed by atoms with van der Waals surface area (Å²) in [5.74, 6) is 3.35. The maximum absolute atomic E-state index is 2.62. The third kappa shape index (κ3) is 4.86. The highest BCUT2D eigenvalue weighted by atomic mass is 15.1. The summed E-state index contributed by atoms with van der Waals surface area (Å²) < 4.78 is 0. The minimum absolute atomic E-state index is 0.0879. The molecule has 4 bridgehead atoms. The van der Waals surface area contributed by atoms with Crippen LogP contribution in [0.15, 0.2) is 164 Å². The van der Waals surface area contributed by atoms with Gasteiger partial charge in [-0.1, -0.05) is 155 Å². The van der Waals surface area contributed by atoms with Crippen molar-refractivity contribution in [1.29, 1.82) is 0 Å². The molecule has 1 spiro atoms. The van der Waals surface area contributed by atoms with Gasteiger partial charge in [0.05, 0.1) is 5.41 Å². The van der Waals surface area contributed by atoms with Crippen LogP contribution in [0.1, 0.15) is 117 Å². The number of hydrogen-bond donors (Lipinski definition) is 0. The van der Waals surface area contributed by atoms with Crippen LogP contribution in [-0.2, 0) is 21.7 Å². The van der Waals surface area contributed by atoms with Crippen LogP contribution < -0.4 is 4.90 Å². The lowest BCUT2D eigenvalue weighted by Crippen LogP contribution is -2.55. The van der Waals surface area contributed by atoms with Crippen LogP contribution in [0.2, 0.25) is 0 Å². The summed E-state index contributed by atoms with van der Waals surface area (Å²) in [7, 11) is 0. The largest absolute Gasteiger partial charge is 0.310 e. The fourth-order valence-corrected chi connectivity index (χ4v) is 15.0. The first-order chi connectivity index (χ1) is 30.2. The summed E-state index contributed by atoms with van der Waals surface area (Å²) in [5, 5.41) is 0. The van der Waals surface area contributed by atoms with Crippen molar-refractivity contribution < 1.29 is 0 Å². The summed E-state index contributed by atoms with van der Waals surface area (Å²) in [6, 6.07) is 63.9. The van der Waals surface area contributed by atoms with E-state index in [1.807, 2.05) is 0 Å². The van der Waals surface area contributed by atoms with Crippen molar-refractivity contribution in [3.63, 3.8) is 0 Å². The molecule has 7 aliphatic rings. The Morgan fingerprint density at radius 3 is 1.45 bits per heavy atom. The molecule has 4 saturated carbocycles. The summed E-state index contributed by atoms with van der Waals surface area (Å²) in [6.45, 7) is 9.82. The molecule has 14 rings (SSSR count). The van der Waals surface area contributed by atoms with Crippen LogP contribution in [0.3, 0.4) is 0 Å². The molecule has 0 heterocycles. The van der Waals surface area contributed by atoms with E-state index in [2.05, 4.69) is 196 Å². The second-order valence-corrected chi connectivity index (χ2v) is 21.5. The van der Waals surface area contributed by atoms with Crippen LogP contribution in [0, 0.1) is 23.7 Å². The number of hydrogen-bond acceptors (Lipinski definition) is 1. The SMILES string of the molecule is CC1(C)CCC(C)(C)c2cc(N(c3ccc4c(c3)-c3ccccc3C43C4CC5CC(C4)CC3C5)c3ccc4c(c3)C(c3ccccc3)(c3ccccc3)c3ccccc3-4)ccc21. The molecule has 7 aromatic carbocycles. The Kier molecular flexibility index (Phi) is 7.72. The first-order valence-electron chi connectivity index (χ1n) is 23.7. The lowest BCUT2D eigenvalue weighted by molar-refractivity contribution is -0.0399. The van der Waals surface area contributed by atoms with E-state index in [0.29, 0.717) is 0 Å². The first-order valence-corrected chi connectivity index (χ1v) is 23.7. The lowest BCUT2D eigenvalue weighted by Gasteiger charge is -2.61. The molecule has 1 heteroatoms. The number of anilines is 3. The predicted octanol–water partition coefficient (Wildman–Crippen LogP) is 15.6. The van der Waals surface area contributed by atoms with Crippen molar-refractivity contribution in [2.75, 3.05) is 4.90 Å². The summed E-state index contributed by atoms with van der Waals surface area (Å²) >= 11 is 0. The normalized spacial score (nSPS) is 25.7. The van der Waals surface area contributed by atoms with Crippen molar-refractivity contribution in [3.8, 4) is 22.3 Å². The fraction of sp³-hybridized carbons (Fsp3) is 0.311. The second kappa shape index (κ2) is 12.9. The van der Waals surface area contributed by atoms with Gasteiger partial charge in [0, 0.05) is 22.5 Å². The van der Waals surface area contributed by atoms with Crippen molar-refractivity contribution >= 4 is 17.1 Å². The van der Waals surface area contributed by atoms with Gasteiger partial charge in [-0.25, -0.2) is 0 Å². The third-order valence-corrected chi connectivity index (χ3v) is 17.6. The smallest absolute Gasteiger partial charge is 0.0714 e. The van der Waals surface area contributed by atoms with Crippen LogP contribution in [0.4, 0.5) is 17.1 Å². The molecule has 0 aromatic heterocycles. The fourth-order valence-electron chi connectivity index (χ4n) is 15.0. The van der Waals surface area contributed by atoms with Crippen molar-refractivity contribution in [2.45, 2.75) is 94.3 Å². The van der Waals surface area contributed by atoms with Crippen LogP contribution in [0.5, 0.6) is 0 Å². The molecule has 62 heavy (non-hydrogen) atoms. The molecule has 0 saturated heterocycles. The van der Waals surface area contributed by atoms with Gasteiger partial charge >= 0.3 is 0 Å². The average molecular weight is 804 g/mol.